The molecule has 0 spiro atoms. The lowest BCUT2D eigenvalue weighted by Crippen LogP contribution is -2.51. The molecule has 0 N–H and O–H groups in total. The van der Waals surface area contributed by atoms with Gasteiger partial charge in [-0.1, -0.05) is 65.7 Å². The molecule has 24 heavy (non-hydrogen) atoms. The first kappa shape index (κ1) is 23.8. The molecule has 0 bridgehead atoms. The number of rotatable bonds is 18. The van der Waals surface area contributed by atoms with Crippen LogP contribution in [0.2, 0.25) is 0 Å². The second-order valence-corrected chi connectivity index (χ2v) is 6.37. The van der Waals surface area contributed by atoms with Gasteiger partial charge in [0.15, 0.2) is 0 Å². The zero-order valence-electron chi connectivity index (χ0n) is 16.9. The fourth-order valence-electron chi connectivity index (χ4n) is 2.76. The van der Waals surface area contributed by atoms with Gasteiger partial charge in [-0.25, -0.2) is 0 Å². The summed E-state index contributed by atoms with van der Waals surface area (Å²) in [6, 6.07) is 0. The molecule has 0 aliphatic carbocycles. The molecular formula is C20H42O4. The Morgan fingerprint density at radius 2 is 1.29 bits per heavy atom. The molecule has 0 aromatic carbocycles. The average molecular weight is 347 g/mol. The first-order valence-corrected chi connectivity index (χ1v) is 10.1. The van der Waals surface area contributed by atoms with Crippen LogP contribution in [0.1, 0.15) is 91.9 Å². The van der Waals surface area contributed by atoms with Crippen LogP contribution in [0, 0.1) is 0 Å². The molecule has 4 nitrogen and oxygen atoms in total. The molecule has 0 fully saturated rings. The Balaban J connectivity index is 4.68. The van der Waals surface area contributed by atoms with Crippen LogP contribution >= 0.6 is 0 Å². The van der Waals surface area contributed by atoms with Gasteiger partial charge < -0.3 is 18.9 Å². The minimum atomic E-state index is -1.06. The number of unbranched alkanes of at least 4 members (excludes halogenated alkanes) is 6. The molecule has 0 amide bonds. The van der Waals surface area contributed by atoms with E-state index in [1.165, 1.54) is 32.1 Å². The van der Waals surface area contributed by atoms with E-state index in [-0.39, 0.29) is 6.10 Å². The molecule has 0 saturated carbocycles. The van der Waals surface area contributed by atoms with Crippen molar-refractivity contribution in [2.75, 3.05) is 26.9 Å². The molecule has 4 heteroatoms. The Labute approximate surface area is 150 Å². The topological polar surface area (TPSA) is 36.9 Å². The predicted molar refractivity (Wildman–Crippen MR) is 100 cm³/mol. The fraction of sp³-hybridized carbons (Fsp3) is 1.00. The SMILES string of the molecule is CCCCCCCCC(OC)C(OCC)(OCCC)OCCCC. The molecule has 0 heterocycles. The second-order valence-electron chi connectivity index (χ2n) is 6.37. The lowest BCUT2D eigenvalue weighted by Gasteiger charge is -2.38. The van der Waals surface area contributed by atoms with Gasteiger partial charge in [-0.15, -0.1) is 0 Å². The fourth-order valence-corrected chi connectivity index (χ4v) is 2.76. The summed E-state index contributed by atoms with van der Waals surface area (Å²) in [5.74, 6) is -1.06. The zero-order valence-corrected chi connectivity index (χ0v) is 16.9. The van der Waals surface area contributed by atoms with Crippen molar-refractivity contribution in [3.05, 3.63) is 0 Å². The summed E-state index contributed by atoms with van der Waals surface area (Å²) in [6.45, 7) is 10.3. The maximum absolute atomic E-state index is 6.09. The summed E-state index contributed by atoms with van der Waals surface area (Å²) >= 11 is 0. The van der Waals surface area contributed by atoms with Crippen molar-refractivity contribution in [2.24, 2.45) is 0 Å². The molecule has 2 unspecified atom stereocenters. The highest BCUT2D eigenvalue weighted by atomic mass is 16.9. The van der Waals surface area contributed by atoms with Crippen LogP contribution in [0.4, 0.5) is 0 Å². The maximum atomic E-state index is 6.09. The largest absolute Gasteiger partial charge is 0.373 e. The van der Waals surface area contributed by atoms with Gasteiger partial charge in [0.2, 0.25) is 0 Å². The second kappa shape index (κ2) is 16.3. The molecule has 0 rings (SSSR count). The summed E-state index contributed by atoms with van der Waals surface area (Å²) in [5.41, 5.74) is 0. The molecule has 146 valence electrons. The van der Waals surface area contributed by atoms with Crippen molar-refractivity contribution in [1.29, 1.82) is 0 Å². The Morgan fingerprint density at radius 3 is 1.88 bits per heavy atom. The first-order valence-electron chi connectivity index (χ1n) is 10.1. The van der Waals surface area contributed by atoms with Crippen LogP contribution in [0.15, 0.2) is 0 Å². The van der Waals surface area contributed by atoms with E-state index in [9.17, 15) is 0 Å². The maximum Gasteiger partial charge on any atom is 0.310 e. The van der Waals surface area contributed by atoms with Crippen LogP contribution in [-0.4, -0.2) is 39.0 Å². The quantitative estimate of drug-likeness (QED) is 0.236. The van der Waals surface area contributed by atoms with E-state index < -0.39 is 5.97 Å². The lowest BCUT2D eigenvalue weighted by atomic mass is 10.1. The third-order valence-electron chi connectivity index (χ3n) is 4.15. The van der Waals surface area contributed by atoms with E-state index in [1.54, 1.807) is 7.11 Å². The Morgan fingerprint density at radius 1 is 0.667 bits per heavy atom. The van der Waals surface area contributed by atoms with Gasteiger partial charge in [-0.05, 0) is 26.2 Å². The number of methoxy groups -OCH3 is 1. The molecule has 0 aromatic heterocycles. The minimum absolute atomic E-state index is 0.188. The lowest BCUT2D eigenvalue weighted by molar-refractivity contribution is -0.415. The van der Waals surface area contributed by atoms with Gasteiger partial charge in [0.1, 0.15) is 6.10 Å². The molecule has 0 aliphatic heterocycles. The third-order valence-corrected chi connectivity index (χ3v) is 4.15. The number of ether oxygens (including phenoxy) is 4. The van der Waals surface area contributed by atoms with Crippen molar-refractivity contribution in [3.8, 4) is 0 Å². The third kappa shape index (κ3) is 9.97. The van der Waals surface area contributed by atoms with Gasteiger partial charge in [-0.2, -0.15) is 0 Å². The highest BCUT2D eigenvalue weighted by molar-refractivity contribution is 4.73. The van der Waals surface area contributed by atoms with E-state index in [1.807, 2.05) is 6.92 Å². The van der Waals surface area contributed by atoms with Crippen molar-refractivity contribution in [2.45, 2.75) is 104 Å². The van der Waals surface area contributed by atoms with Crippen molar-refractivity contribution >= 4 is 0 Å². The summed E-state index contributed by atoms with van der Waals surface area (Å²) in [6.07, 6.45) is 11.3. The monoisotopic (exact) mass is 346 g/mol. The summed E-state index contributed by atoms with van der Waals surface area (Å²) in [5, 5.41) is 0. The zero-order chi connectivity index (χ0) is 18.1. The van der Waals surface area contributed by atoms with Gasteiger partial charge in [0, 0.05) is 13.7 Å². The van der Waals surface area contributed by atoms with Gasteiger partial charge in [-0.3, -0.25) is 0 Å². The van der Waals surface area contributed by atoms with Gasteiger partial charge in [0.05, 0.1) is 13.2 Å². The molecule has 2 atom stereocenters. The van der Waals surface area contributed by atoms with Crippen LogP contribution in [0.5, 0.6) is 0 Å². The van der Waals surface area contributed by atoms with Crippen molar-refractivity contribution in [1.82, 2.24) is 0 Å². The number of hydrogen-bond donors (Lipinski definition) is 0. The summed E-state index contributed by atoms with van der Waals surface area (Å²) in [4.78, 5) is 0. The highest BCUT2D eigenvalue weighted by Gasteiger charge is 2.42. The molecular weight excluding hydrogens is 304 g/mol. The minimum Gasteiger partial charge on any atom is -0.373 e. The smallest absolute Gasteiger partial charge is 0.310 e. The summed E-state index contributed by atoms with van der Waals surface area (Å²) in [7, 11) is 1.73. The van der Waals surface area contributed by atoms with Crippen molar-refractivity contribution in [3.63, 3.8) is 0 Å². The normalized spacial score (nSPS) is 15.4. The molecule has 0 radical (unpaired) electrons. The standard InChI is InChI=1S/C20H42O4/c1-6-10-12-13-14-15-16-19(21-5)20(22-9-4,23-17-8-3)24-18-11-7-2/h19H,6-18H2,1-5H3. The summed E-state index contributed by atoms with van der Waals surface area (Å²) < 4.78 is 23.8. The van der Waals surface area contributed by atoms with Gasteiger partial charge in [0.25, 0.3) is 0 Å². The molecule has 0 aliphatic rings. The van der Waals surface area contributed by atoms with E-state index in [4.69, 9.17) is 18.9 Å². The first-order chi connectivity index (χ1) is 11.7. The van der Waals surface area contributed by atoms with E-state index >= 15 is 0 Å². The van der Waals surface area contributed by atoms with Crippen molar-refractivity contribution < 1.29 is 18.9 Å². The number of hydrogen-bond acceptors (Lipinski definition) is 4. The van der Waals surface area contributed by atoms with Crippen LogP contribution < -0.4 is 0 Å². The average Bonchev–Trinajstić information content (AvgIpc) is 2.59. The van der Waals surface area contributed by atoms with E-state index in [2.05, 4.69) is 20.8 Å². The van der Waals surface area contributed by atoms with Crippen LogP contribution in [0.25, 0.3) is 0 Å². The Hall–Kier alpha value is -0.160. The van der Waals surface area contributed by atoms with Gasteiger partial charge >= 0.3 is 5.97 Å². The Kier molecular flexibility index (Phi) is 16.2. The Bertz CT molecular complexity index is 260. The van der Waals surface area contributed by atoms with Crippen LogP contribution in [0.3, 0.4) is 0 Å². The van der Waals surface area contributed by atoms with E-state index in [0.717, 1.165) is 32.1 Å². The molecule has 0 saturated heterocycles. The van der Waals surface area contributed by atoms with Crippen LogP contribution in [-0.2, 0) is 18.9 Å². The van der Waals surface area contributed by atoms with E-state index in [0.29, 0.717) is 19.8 Å². The molecule has 0 aromatic rings. The predicted octanol–water partition coefficient (Wildman–Crippen LogP) is 5.69. The highest BCUT2D eigenvalue weighted by Crippen LogP contribution is 2.28.